The molecule has 2 saturated carbocycles. The van der Waals surface area contributed by atoms with E-state index in [4.69, 9.17) is 0 Å². The smallest absolute Gasteiger partial charge is 0.328 e. The van der Waals surface area contributed by atoms with Gasteiger partial charge in [0, 0.05) is 0 Å². The number of hydrogen-bond acceptors (Lipinski definition) is 0. The summed E-state index contributed by atoms with van der Waals surface area (Å²) in [6.07, 6.45) is 19.0. The van der Waals surface area contributed by atoms with E-state index in [0.29, 0.717) is 0 Å². The molecule has 0 aromatic rings. The molecule has 2 fully saturated rings. The van der Waals surface area contributed by atoms with Crippen molar-refractivity contribution in [3.63, 3.8) is 0 Å². The van der Waals surface area contributed by atoms with E-state index in [2.05, 4.69) is 12.8 Å². The summed E-state index contributed by atoms with van der Waals surface area (Å²) in [5.74, 6) is 0. The van der Waals surface area contributed by atoms with Gasteiger partial charge in [-0.2, -0.15) is 25.7 Å². The van der Waals surface area contributed by atoms with E-state index < -0.39 is 0 Å². The Morgan fingerprint density at radius 2 is 0.769 bits per heavy atom. The standard InChI is InChI=1S/2C6H11.Pt/c2*1-2-4-6-5-3-1;/h2*1H,2-6H2;/q2*-1;+2. The van der Waals surface area contributed by atoms with Gasteiger partial charge in [-0.15, -0.1) is 0 Å². The van der Waals surface area contributed by atoms with Crippen LogP contribution in [0.5, 0.6) is 0 Å². The molecule has 0 atom stereocenters. The predicted molar refractivity (Wildman–Crippen MR) is 54.8 cm³/mol. The van der Waals surface area contributed by atoms with Gasteiger partial charge in [0.25, 0.3) is 0 Å². The first-order valence-corrected chi connectivity index (χ1v) is 5.63. The molecule has 0 saturated heterocycles. The Kier molecular flexibility index (Phi) is 11.3. The van der Waals surface area contributed by atoms with Crippen LogP contribution < -0.4 is 0 Å². The maximum Gasteiger partial charge on any atom is 2.00 e. The first-order valence-electron chi connectivity index (χ1n) is 5.63. The minimum atomic E-state index is 0. The molecular formula is C12H22Pt. The van der Waals surface area contributed by atoms with Crippen LogP contribution in [-0.4, -0.2) is 0 Å². The summed E-state index contributed by atoms with van der Waals surface area (Å²) in [6, 6.07) is 0. The fraction of sp³-hybridized carbons (Fsp3) is 0.833. The van der Waals surface area contributed by atoms with Crippen LogP contribution in [0.1, 0.15) is 64.2 Å². The van der Waals surface area contributed by atoms with E-state index in [0.717, 1.165) is 0 Å². The Bertz CT molecular complexity index is 48.1. The van der Waals surface area contributed by atoms with E-state index >= 15 is 0 Å². The largest absolute Gasteiger partial charge is 2.00 e. The third-order valence-corrected chi connectivity index (χ3v) is 2.63. The van der Waals surface area contributed by atoms with Crippen LogP contribution in [0, 0.1) is 12.8 Å². The molecule has 0 heterocycles. The molecule has 1 heteroatoms. The third-order valence-electron chi connectivity index (χ3n) is 2.63. The summed E-state index contributed by atoms with van der Waals surface area (Å²) in [6.45, 7) is 0. The van der Waals surface area contributed by atoms with Gasteiger partial charge in [-0.1, -0.05) is 38.5 Å². The SMILES string of the molecule is [CH-]1CCCCC1.[CH-]1CCCCC1.[Pt+2]. The van der Waals surface area contributed by atoms with Gasteiger partial charge in [-0.3, -0.25) is 0 Å². The van der Waals surface area contributed by atoms with E-state index in [9.17, 15) is 0 Å². The molecule has 2 aliphatic rings. The zero-order valence-electron chi connectivity index (χ0n) is 8.54. The predicted octanol–water partition coefficient (Wildman–Crippen LogP) is 4.31. The average molecular weight is 361 g/mol. The van der Waals surface area contributed by atoms with Gasteiger partial charge >= 0.3 is 21.1 Å². The Morgan fingerprint density at radius 1 is 0.462 bits per heavy atom. The summed E-state index contributed by atoms with van der Waals surface area (Å²) < 4.78 is 0. The van der Waals surface area contributed by atoms with Crippen LogP contribution in [0.3, 0.4) is 0 Å². The van der Waals surface area contributed by atoms with Gasteiger partial charge in [0.15, 0.2) is 0 Å². The second-order valence-corrected chi connectivity index (χ2v) is 3.85. The van der Waals surface area contributed by atoms with Crippen LogP contribution in [0.4, 0.5) is 0 Å². The van der Waals surface area contributed by atoms with E-state index in [1.807, 2.05) is 0 Å². The molecule has 80 valence electrons. The molecule has 0 amide bonds. The minimum Gasteiger partial charge on any atom is -0.328 e. The zero-order valence-corrected chi connectivity index (χ0v) is 10.8. The van der Waals surface area contributed by atoms with Crippen molar-refractivity contribution in [3.05, 3.63) is 12.8 Å². The molecule has 0 N–H and O–H groups in total. The van der Waals surface area contributed by atoms with Gasteiger partial charge in [0.2, 0.25) is 0 Å². The molecule has 0 radical (unpaired) electrons. The summed E-state index contributed by atoms with van der Waals surface area (Å²) in [5, 5.41) is 0. The Hall–Kier alpha value is 0.688. The van der Waals surface area contributed by atoms with Crippen LogP contribution in [-0.2, 0) is 21.1 Å². The van der Waals surface area contributed by atoms with Crippen LogP contribution in [0.25, 0.3) is 0 Å². The van der Waals surface area contributed by atoms with Gasteiger partial charge in [0.05, 0.1) is 0 Å². The van der Waals surface area contributed by atoms with E-state index in [1.54, 1.807) is 0 Å². The monoisotopic (exact) mass is 361 g/mol. The molecule has 0 nitrogen and oxygen atoms in total. The fourth-order valence-corrected chi connectivity index (χ4v) is 1.80. The normalized spacial score (nSPS) is 22.2. The van der Waals surface area contributed by atoms with E-state index in [1.165, 1.54) is 64.2 Å². The second kappa shape index (κ2) is 10.8. The molecule has 0 aromatic heterocycles. The molecule has 2 rings (SSSR count). The van der Waals surface area contributed by atoms with Crippen LogP contribution >= 0.6 is 0 Å². The van der Waals surface area contributed by atoms with Crippen LogP contribution in [0.15, 0.2) is 0 Å². The quantitative estimate of drug-likeness (QED) is 0.564. The van der Waals surface area contributed by atoms with Gasteiger partial charge in [-0.25, -0.2) is 0 Å². The Morgan fingerprint density at radius 3 is 0.846 bits per heavy atom. The maximum atomic E-state index is 2.39. The number of rotatable bonds is 0. The summed E-state index contributed by atoms with van der Waals surface area (Å²) >= 11 is 0. The van der Waals surface area contributed by atoms with Crippen molar-refractivity contribution >= 4 is 0 Å². The molecule has 0 aliphatic heterocycles. The molecule has 2 aliphatic carbocycles. The first-order chi connectivity index (χ1) is 6.00. The molecular weight excluding hydrogens is 339 g/mol. The molecule has 13 heavy (non-hydrogen) atoms. The Balaban J connectivity index is 0.000000206. The molecule has 0 spiro atoms. The van der Waals surface area contributed by atoms with E-state index in [-0.39, 0.29) is 21.1 Å². The van der Waals surface area contributed by atoms with Gasteiger partial charge in [0.1, 0.15) is 0 Å². The average Bonchev–Trinajstić information content (AvgIpc) is 2.24. The van der Waals surface area contributed by atoms with Crippen molar-refractivity contribution in [2.75, 3.05) is 0 Å². The minimum absolute atomic E-state index is 0. The van der Waals surface area contributed by atoms with Crippen molar-refractivity contribution < 1.29 is 21.1 Å². The van der Waals surface area contributed by atoms with Crippen molar-refractivity contribution in [2.24, 2.45) is 0 Å². The zero-order chi connectivity index (χ0) is 8.49. The summed E-state index contributed by atoms with van der Waals surface area (Å²) in [7, 11) is 0. The summed E-state index contributed by atoms with van der Waals surface area (Å²) in [4.78, 5) is 0. The third kappa shape index (κ3) is 9.00. The van der Waals surface area contributed by atoms with Crippen molar-refractivity contribution in [3.8, 4) is 0 Å². The second-order valence-electron chi connectivity index (χ2n) is 3.85. The first kappa shape index (κ1) is 13.7. The van der Waals surface area contributed by atoms with Crippen LogP contribution in [0.2, 0.25) is 0 Å². The number of hydrogen-bond donors (Lipinski definition) is 0. The van der Waals surface area contributed by atoms with Crippen molar-refractivity contribution in [1.82, 2.24) is 0 Å². The molecule has 0 bridgehead atoms. The fourth-order valence-electron chi connectivity index (χ4n) is 1.80. The van der Waals surface area contributed by atoms with Gasteiger partial charge in [-0.05, 0) is 0 Å². The molecule has 0 unspecified atom stereocenters. The topological polar surface area (TPSA) is 0 Å². The Labute approximate surface area is 98.1 Å². The maximum absolute atomic E-state index is 2.39. The molecule has 0 aromatic carbocycles. The van der Waals surface area contributed by atoms with Crippen molar-refractivity contribution in [1.29, 1.82) is 0 Å². The van der Waals surface area contributed by atoms with Gasteiger partial charge < -0.3 is 12.8 Å². The van der Waals surface area contributed by atoms with Crippen molar-refractivity contribution in [2.45, 2.75) is 64.2 Å². The summed E-state index contributed by atoms with van der Waals surface area (Å²) in [5.41, 5.74) is 0.